The molecular weight excluding hydrogens is 424 g/mol. The second-order valence-electron chi connectivity index (χ2n) is 5.58. The molecule has 3 rings (SSSR count). The Hall–Kier alpha value is -2.44. The van der Waals surface area contributed by atoms with Gasteiger partial charge in [0.05, 0.1) is 22.4 Å². The number of benzene rings is 1. The molecule has 2 N–H and O–H groups in total. The summed E-state index contributed by atoms with van der Waals surface area (Å²) in [5.74, 6) is -0.598. The van der Waals surface area contributed by atoms with Crippen molar-refractivity contribution < 1.29 is 22.7 Å². The molecule has 0 aliphatic carbocycles. The summed E-state index contributed by atoms with van der Waals surface area (Å²) in [6.07, 6.45) is 1.89. The zero-order chi connectivity index (χ0) is 20.1. The third kappa shape index (κ3) is 5.30. The van der Waals surface area contributed by atoms with Crippen molar-refractivity contribution in [3.63, 3.8) is 0 Å². The van der Waals surface area contributed by atoms with Crippen molar-refractivity contribution in [1.82, 2.24) is 10.3 Å². The van der Waals surface area contributed by atoms with Crippen molar-refractivity contribution in [2.45, 2.75) is 23.5 Å². The van der Waals surface area contributed by atoms with E-state index in [1.165, 1.54) is 48.4 Å². The van der Waals surface area contributed by atoms with Crippen LogP contribution in [-0.2, 0) is 24.3 Å². The molecule has 2 aromatic rings. The minimum Gasteiger partial charge on any atom is -0.466 e. The molecule has 1 saturated heterocycles. The van der Waals surface area contributed by atoms with Crippen molar-refractivity contribution in [1.29, 1.82) is 0 Å². The second kappa shape index (κ2) is 8.71. The lowest BCUT2D eigenvalue weighted by atomic mass is 10.3. The zero-order valence-corrected chi connectivity index (χ0v) is 17.1. The number of nitrogens with one attached hydrogen (secondary N) is 2. The van der Waals surface area contributed by atoms with Crippen molar-refractivity contribution in [2.24, 2.45) is 4.99 Å². The maximum absolute atomic E-state index is 12.3. The summed E-state index contributed by atoms with van der Waals surface area (Å²) in [5, 5.41) is 4.64. The van der Waals surface area contributed by atoms with E-state index < -0.39 is 16.0 Å². The molecule has 0 radical (unpaired) electrons. The number of sulfonamides is 1. The molecule has 1 atom stereocenters. The van der Waals surface area contributed by atoms with E-state index in [2.05, 4.69) is 20.0 Å². The Morgan fingerprint density at radius 3 is 2.75 bits per heavy atom. The fraction of sp³-hybridized carbons (Fsp3) is 0.250. The minimum atomic E-state index is -3.73. The number of hydrogen-bond donors (Lipinski definition) is 2. The fourth-order valence-electron chi connectivity index (χ4n) is 2.22. The highest BCUT2D eigenvalue weighted by molar-refractivity contribution is 8.15. The van der Waals surface area contributed by atoms with Crippen molar-refractivity contribution >= 4 is 61.0 Å². The predicted octanol–water partition coefficient (Wildman–Crippen LogP) is 2.12. The number of carbonyl (C=O) groups excluding carboxylic acids is 2. The van der Waals surface area contributed by atoms with Crippen LogP contribution in [0.2, 0.25) is 0 Å². The van der Waals surface area contributed by atoms with Gasteiger partial charge in [-0.3, -0.25) is 14.3 Å². The Morgan fingerprint density at radius 1 is 1.36 bits per heavy atom. The lowest BCUT2D eigenvalue weighted by molar-refractivity contribution is -0.141. The maximum atomic E-state index is 12.3. The van der Waals surface area contributed by atoms with Crippen LogP contribution in [-0.4, -0.2) is 42.3 Å². The predicted molar refractivity (Wildman–Crippen MR) is 107 cm³/mol. The molecular formula is C16H16N4O5S3. The largest absolute Gasteiger partial charge is 0.466 e. The Morgan fingerprint density at radius 2 is 2.11 bits per heavy atom. The molecule has 1 aromatic heterocycles. The lowest BCUT2D eigenvalue weighted by Gasteiger charge is -2.05. The van der Waals surface area contributed by atoms with Crippen LogP contribution in [0.25, 0.3) is 0 Å². The number of carbonyl (C=O) groups is 2. The van der Waals surface area contributed by atoms with Crippen molar-refractivity contribution in [2.75, 3.05) is 11.3 Å². The van der Waals surface area contributed by atoms with Gasteiger partial charge < -0.3 is 10.1 Å². The van der Waals surface area contributed by atoms with Gasteiger partial charge in [0.2, 0.25) is 5.91 Å². The van der Waals surface area contributed by atoms with Crippen LogP contribution in [0, 0.1) is 0 Å². The Bertz CT molecular complexity index is 988. The number of ether oxygens (including phenoxy) is 1. The van der Waals surface area contributed by atoms with Gasteiger partial charge in [0.15, 0.2) is 10.3 Å². The van der Waals surface area contributed by atoms with Crippen LogP contribution in [0.5, 0.6) is 0 Å². The molecule has 1 fully saturated rings. The Balaban J connectivity index is 1.64. The first-order valence-electron chi connectivity index (χ1n) is 8.05. The average molecular weight is 441 g/mol. The minimum absolute atomic E-state index is 0.0778. The van der Waals surface area contributed by atoms with E-state index in [1.54, 1.807) is 17.5 Å². The number of thioether (sulfide) groups is 1. The van der Waals surface area contributed by atoms with Gasteiger partial charge in [-0.2, -0.15) is 0 Å². The molecule has 1 aromatic carbocycles. The molecule has 28 heavy (non-hydrogen) atoms. The number of esters is 1. The van der Waals surface area contributed by atoms with E-state index in [0.717, 1.165) is 0 Å². The van der Waals surface area contributed by atoms with E-state index in [1.807, 2.05) is 0 Å². The average Bonchev–Trinajstić information content (AvgIpc) is 3.25. The highest BCUT2D eigenvalue weighted by Gasteiger charge is 2.30. The number of hydrogen-bond acceptors (Lipinski definition) is 9. The monoisotopic (exact) mass is 440 g/mol. The standard InChI is InChI=1S/C16H16N4O5S3/c1-10(21)25-8-6-13-14(22)19-16(27-13)18-11-2-4-12(5-3-11)28(23,24)20-15-17-7-9-26-15/h2-5,7,9,13H,6,8H2,1H3,(H,17,20)(H,18,19,22). The van der Waals surface area contributed by atoms with Crippen molar-refractivity contribution in [3.8, 4) is 0 Å². The van der Waals surface area contributed by atoms with E-state index in [0.29, 0.717) is 17.3 Å². The van der Waals surface area contributed by atoms with Crippen LogP contribution in [0.15, 0.2) is 45.7 Å². The summed E-state index contributed by atoms with van der Waals surface area (Å²) >= 11 is 2.42. The van der Waals surface area contributed by atoms with Gasteiger partial charge in [-0.25, -0.2) is 18.4 Å². The van der Waals surface area contributed by atoms with Gasteiger partial charge in [0, 0.05) is 24.9 Å². The molecule has 9 nitrogen and oxygen atoms in total. The fourth-order valence-corrected chi connectivity index (χ4v) is 4.98. The normalized spacial score (nSPS) is 18.1. The number of amidine groups is 1. The number of thiazole rings is 1. The molecule has 12 heteroatoms. The van der Waals surface area contributed by atoms with E-state index in [4.69, 9.17) is 4.74 Å². The van der Waals surface area contributed by atoms with Gasteiger partial charge in [0.1, 0.15) is 0 Å². The van der Waals surface area contributed by atoms with E-state index in [-0.39, 0.29) is 27.8 Å². The number of rotatable bonds is 7. The molecule has 1 aliphatic heterocycles. The summed E-state index contributed by atoms with van der Waals surface area (Å²) in [5.41, 5.74) is 0.497. The van der Waals surface area contributed by atoms with Gasteiger partial charge in [-0.15, -0.1) is 11.3 Å². The molecule has 1 aliphatic rings. The van der Waals surface area contributed by atoms with Gasteiger partial charge in [0.25, 0.3) is 10.0 Å². The smallest absolute Gasteiger partial charge is 0.302 e. The lowest BCUT2D eigenvalue weighted by Crippen LogP contribution is -2.25. The molecule has 1 amide bonds. The highest BCUT2D eigenvalue weighted by atomic mass is 32.2. The molecule has 148 valence electrons. The first-order valence-corrected chi connectivity index (χ1v) is 11.3. The van der Waals surface area contributed by atoms with Gasteiger partial charge in [-0.05, 0) is 24.3 Å². The van der Waals surface area contributed by atoms with Gasteiger partial charge >= 0.3 is 5.97 Å². The van der Waals surface area contributed by atoms with Crippen LogP contribution in [0.3, 0.4) is 0 Å². The summed E-state index contributed by atoms with van der Waals surface area (Å²) in [6.45, 7) is 1.47. The van der Waals surface area contributed by atoms with Crippen molar-refractivity contribution in [3.05, 3.63) is 35.8 Å². The molecule has 0 bridgehead atoms. The number of nitrogens with zero attached hydrogens (tertiary/aromatic N) is 2. The number of aromatic nitrogens is 1. The first kappa shape index (κ1) is 20.3. The highest BCUT2D eigenvalue weighted by Crippen LogP contribution is 2.26. The summed E-state index contributed by atoms with van der Waals surface area (Å²) in [6, 6.07) is 5.94. The Labute approximate surface area is 169 Å². The van der Waals surface area contributed by atoms with Crippen LogP contribution >= 0.6 is 23.1 Å². The summed E-state index contributed by atoms with van der Waals surface area (Å²) < 4.78 is 31.9. The Kier molecular flexibility index (Phi) is 6.31. The zero-order valence-electron chi connectivity index (χ0n) is 14.6. The number of amides is 1. The third-order valence-electron chi connectivity index (χ3n) is 3.49. The van der Waals surface area contributed by atoms with E-state index >= 15 is 0 Å². The molecule has 0 spiro atoms. The number of anilines is 1. The molecule has 0 saturated carbocycles. The van der Waals surface area contributed by atoms with Gasteiger partial charge in [-0.1, -0.05) is 11.8 Å². The quantitative estimate of drug-likeness (QED) is 0.631. The topological polar surface area (TPSA) is 127 Å². The van der Waals surface area contributed by atoms with E-state index in [9.17, 15) is 18.0 Å². The second-order valence-corrected chi connectivity index (χ2v) is 9.35. The summed E-state index contributed by atoms with van der Waals surface area (Å²) in [7, 11) is -3.73. The summed E-state index contributed by atoms with van der Waals surface area (Å²) in [4.78, 5) is 31.0. The molecule has 1 unspecified atom stereocenters. The van der Waals surface area contributed by atoms with Crippen LogP contribution < -0.4 is 10.0 Å². The third-order valence-corrected chi connectivity index (χ3v) is 6.82. The first-order chi connectivity index (χ1) is 13.3. The maximum Gasteiger partial charge on any atom is 0.302 e. The number of aliphatic imine (C=N–C) groups is 1. The molecule has 2 heterocycles. The SMILES string of the molecule is CC(=O)OCCC1SC(=Nc2ccc(S(=O)(=O)Nc3nccs3)cc2)NC1=O. The van der Waals surface area contributed by atoms with Crippen LogP contribution in [0.1, 0.15) is 13.3 Å². The van der Waals surface area contributed by atoms with Crippen LogP contribution in [0.4, 0.5) is 10.8 Å².